The lowest BCUT2D eigenvalue weighted by Crippen LogP contribution is -2.17. The molecule has 2 atom stereocenters. The minimum absolute atomic E-state index is 0.216. The molecule has 0 saturated carbocycles. The van der Waals surface area contributed by atoms with Gasteiger partial charge in [-0.2, -0.15) is 0 Å². The van der Waals surface area contributed by atoms with Gasteiger partial charge >= 0.3 is 7.60 Å². The van der Waals surface area contributed by atoms with Crippen molar-refractivity contribution in [3.05, 3.63) is 93.8 Å². The van der Waals surface area contributed by atoms with Crippen molar-refractivity contribution < 1.29 is 27.8 Å². The van der Waals surface area contributed by atoms with Crippen molar-refractivity contribution in [1.82, 2.24) is 0 Å². The van der Waals surface area contributed by atoms with E-state index in [1.807, 2.05) is 32.0 Å². The molecule has 5 nitrogen and oxygen atoms in total. The van der Waals surface area contributed by atoms with E-state index in [1.54, 1.807) is 18.2 Å². The van der Waals surface area contributed by atoms with Gasteiger partial charge in [-0.1, -0.05) is 38.1 Å². The van der Waals surface area contributed by atoms with Crippen LogP contribution in [0.15, 0.2) is 54.6 Å². The lowest BCUT2D eigenvalue weighted by Gasteiger charge is -2.30. The number of hydrogen-bond donors (Lipinski definition) is 1. The first-order valence-electron chi connectivity index (χ1n) is 11.9. The predicted octanol–water partition coefficient (Wildman–Crippen LogP) is 7.57. The Bertz CT molecular complexity index is 1230. The van der Waals surface area contributed by atoms with Crippen molar-refractivity contribution >= 4 is 7.60 Å². The quantitative estimate of drug-likeness (QED) is 0.340. The Hall–Kier alpha value is -2.66. The molecule has 1 aliphatic heterocycles. The molecule has 3 aromatic rings. The zero-order valence-corrected chi connectivity index (χ0v) is 21.5. The van der Waals surface area contributed by atoms with E-state index in [1.165, 1.54) is 17.7 Å². The summed E-state index contributed by atoms with van der Waals surface area (Å²) in [6.45, 7) is 8.42. The van der Waals surface area contributed by atoms with Crippen molar-refractivity contribution in [1.29, 1.82) is 0 Å². The predicted molar refractivity (Wildman–Crippen MR) is 135 cm³/mol. The molecule has 35 heavy (non-hydrogen) atoms. The van der Waals surface area contributed by atoms with Gasteiger partial charge in [-0.15, -0.1) is 0 Å². The minimum atomic E-state index is -3.50. The second kappa shape index (κ2) is 10.5. The molecule has 0 radical (unpaired) electrons. The molecule has 0 bridgehead atoms. The highest BCUT2D eigenvalue weighted by Crippen LogP contribution is 2.56. The number of benzene rings is 3. The summed E-state index contributed by atoms with van der Waals surface area (Å²) in [6, 6.07) is 15.7. The fourth-order valence-corrected chi connectivity index (χ4v) is 5.93. The highest BCUT2D eigenvalue weighted by Gasteiger charge is 2.35. The Kier molecular flexibility index (Phi) is 7.65. The number of rotatable bonds is 7. The molecule has 1 unspecified atom stereocenters. The summed E-state index contributed by atoms with van der Waals surface area (Å²) >= 11 is 0. The summed E-state index contributed by atoms with van der Waals surface area (Å²) in [7, 11) is -3.50. The minimum Gasteiger partial charge on any atom is -0.508 e. The number of phenolic OH excluding ortho intramolecular Hbond substituents is 1. The Morgan fingerprint density at radius 2 is 1.86 bits per heavy atom. The average Bonchev–Trinajstić information content (AvgIpc) is 2.81. The van der Waals surface area contributed by atoms with Crippen LogP contribution in [0.1, 0.15) is 65.7 Å². The van der Waals surface area contributed by atoms with Crippen molar-refractivity contribution in [2.24, 2.45) is 0 Å². The number of aryl methyl sites for hydroxylation is 2. The number of halogens is 1. The average molecular weight is 499 g/mol. The molecule has 7 heteroatoms. The van der Waals surface area contributed by atoms with Crippen LogP contribution in [-0.4, -0.2) is 18.1 Å². The maximum atomic E-state index is 13.6. The first-order valence-corrected chi connectivity index (χ1v) is 13.6. The van der Waals surface area contributed by atoms with E-state index in [4.69, 9.17) is 13.8 Å². The third kappa shape index (κ3) is 6.13. The number of hydrogen-bond acceptors (Lipinski definition) is 5. The Morgan fingerprint density at radius 3 is 2.54 bits per heavy atom. The second-order valence-electron chi connectivity index (χ2n) is 9.42. The first kappa shape index (κ1) is 25.4. The van der Waals surface area contributed by atoms with E-state index in [9.17, 15) is 14.1 Å². The van der Waals surface area contributed by atoms with Gasteiger partial charge in [-0.3, -0.25) is 9.09 Å². The van der Waals surface area contributed by atoms with E-state index < -0.39 is 13.7 Å². The maximum absolute atomic E-state index is 13.6. The zero-order chi connectivity index (χ0) is 25.2. The Morgan fingerprint density at radius 1 is 1.11 bits per heavy atom. The normalized spacial score (nSPS) is 20.2. The molecule has 3 aromatic carbocycles. The molecule has 1 N–H and O–H groups in total. The van der Waals surface area contributed by atoms with Gasteiger partial charge < -0.3 is 14.4 Å². The molecular weight excluding hydrogens is 466 g/mol. The highest BCUT2D eigenvalue weighted by molar-refractivity contribution is 7.53. The molecule has 1 fully saturated rings. The van der Waals surface area contributed by atoms with Crippen molar-refractivity contribution in [3.8, 4) is 11.5 Å². The van der Waals surface area contributed by atoms with Gasteiger partial charge in [0.25, 0.3) is 0 Å². The van der Waals surface area contributed by atoms with Crippen LogP contribution in [-0.2, 0) is 20.0 Å². The van der Waals surface area contributed by atoms with Crippen LogP contribution in [0.4, 0.5) is 4.39 Å². The number of ether oxygens (including phenoxy) is 1. The largest absolute Gasteiger partial charge is 0.508 e. The van der Waals surface area contributed by atoms with Crippen LogP contribution in [0, 0.1) is 19.7 Å². The summed E-state index contributed by atoms with van der Waals surface area (Å²) in [5.41, 5.74) is 6.00. The molecule has 186 valence electrons. The summed E-state index contributed by atoms with van der Waals surface area (Å²) in [6.07, 6.45) is 0.515. The van der Waals surface area contributed by atoms with Gasteiger partial charge in [0.15, 0.2) is 6.35 Å². The molecule has 0 aromatic heterocycles. The van der Waals surface area contributed by atoms with Crippen LogP contribution in [0.5, 0.6) is 11.5 Å². The molecule has 4 rings (SSSR count). The van der Waals surface area contributed by atoms with Crippen LogP contribution in [0.2, 0.25) is 0 Å². The number of phenols is 1. The van der Waals surface area contributed by atoms with Crippen molar-refractivity contribution in [3.63, 3.8) is 0 Å². The smallest absolute Gasteiger partial charge is 0.368 e. The third-order valence-corrected chi connectivity index (χ3v) is 7.93. The Balaban J connectivity index is 1.45. The standard InChI is InChI=1S/C28H32FO5P/c1-18(2)25-14-21(8-9-27(25)30)15-26-19(3)12-24(13-20(26)4)32-17-35(31)33-11-10-28(34-35)22-6-5-7-23(29)16-22/h5-9,12-14,16,18,28,30H,10-11,15,17H2,1-4H3/t28-,35?/m0/s1. The topological polar surface area (TPSA) is 65.0 Å². The van der Waals surface area contributed by atoms with E-state index >= 15 is 0 Å². The third-order valence-electron chi connectivity index (χ3n) is 6.33. The lowest BCUT2D eigenvalue weighted by molar-refractivity contribution is 0.0723. The van der Waals surface area contributed by atoms with Crippen LogP contribution < -0.4 is 4.74 Å². The van der Waals surface area contributed by atoms with Gasteiger partial charge in [0.05, 0.1) is 12.7 Å². The van der Waals surface area contributed by atoms with E-state index in [0.29, 0.717) is 23.5 Å². The van der Waals surface area contributed by atoms with E-state index in [2.05, 4.69) is 19.9 Å². The van der Waals surface area contributed by atoms with Gasteiger partial charge in [-0.05, 0) is 89.9 Å². The second-order valence-corrected chi connectivity index (χ2v) is 11.4. The van der Waals surface area contributed by atoms with Crippen molar-refractivity contribution in [2.45, 2.75) is 52.6 Å². The Labute approximate surface area is 206 Å². The van der Waals surface area contributed by atoms with E-state index in [0.717, 1.165) is 28.7 Å². The van der Waals surface area contributed by atoms with Gasteiger partial charge in [-0.25, -0.2) is 4.39 Å². The molecule has 1 heterocycles. The van der Waals surface area contributed by atoms with Crippen LogP contribution in [0.25, 0.3) is 0 Å². The molecule has 0 aliphatic carbocycles. The SMILES string of the molecule is Cc1cc(OCP2(=O)OCC[C@@H](c3cccc(F)c3)O2)cc(C)c1Cc1ccc(O)c(C(C)C)c1. The summed E-state index contributed by atoms with van der Waals surface area (Å²) < 4.78 is 43.9. The first-order chi connectivity index (χ1) is 16.6. The van der Waals surface area contributed by atoms with E-state index in [-0.39, 0.29) is 24.7 Å². The molecule has 0 amide bonds. The lowest BCUT2D eigenvalue weighted by atomic mass is 9.93. The summed E-state index contributed by atoms with van der Waals surface area (Å²) in [4.78, 5) is 0. The molecular formula is C28H32FO5P. The van der Waals surface area contributed by atoms with Gasteiger partial charge in [0.2, 0.25) is 0 Å². The molecule has 1 saturated heterocycles. The zero-order valence-electron chi connectivity index (χ0n) is 20.6. The monoisotopic (exact) mass is 498 g/mol. The van der Waals surface area contributed by atoms with Gasteiger partial charge in [0.1, 0.15) is 17.3 Å². The summed E-state index contributed by atoms with van der Waals surface area (Å²) in [5.74, 6) is 0.790. The van der Waals surface area contributed by atoms with Gasteiger partial charge in [0, 0.05) is 6.42 Å². The molecule has 1 aliphatic rings. The maximum Gasteiger partial charge on any atom is 0.368 e. The fraction of sp³-hybridized carbons (Fsp3) is 0.357. The summed E-state index contributed by atoms with van der Waals surface area (Å²) in [5, 5.41) is 10.1. The van der Waals surface area contributed by atoms with Crippen molar-refractivity contribution in [2.75, 3.05) is 13.0 Å². The highest BCUT2D eigenvalue weighted by atomic mass is 31.2. The molecule has 0 spiro atoms. The van der Waals surface area contributed by atoms with Crippen LogP contribution >= 0.6 is 7.60 Å². The number of aromatic hydroxyl groups is 1. The fourth-order valence-electron chi connectivity index (χ4n) is 4.43. The van der Waals surface area contributed by atoms with Crippen LogP contribution in [0.3, 0.4) is 0 Å².